The predicted octanol–water partition coefficient (Wildman–Crippen LogP) is 2.85. The molecule has 1 amide bonds. The Morgan fingerprint density at radius 2 is 1.84 bits per heavy atom. The van der Waals surface area contributed by atoms with Gasteiger partial charge in [-0.3, -0.25) is 9.69 Å². The molecule has 0 unspecified atom stereocenters. The van der Waals surface area contributed by atoms with Crippen molar-refractivity contribution in [3.8, 4) is 0 Å². The number of carbonyl (C=O) groups excluding carboxylic acids is 1. The first kappa shape index (κ1) is 17.9. The van der Waals surface area contributed by atoms with E-state index >= 15 is 0 Å². The lowest BCUT2D eigenvalue weighted by molar-refractivity contribution is -0.117. The van der Waals surface area contributed by atoms with Gasteiger partial charge in [0.25, 0.3) is 0 Å². The average molecular weight is 380 g/mol. The van der Waals surface area contributed by atoms with Gasteiger partial charge < -0.3 is 10.2 Å². The van der Waals surface area contributed by atoms with Crippen LogP contribution in [0.4, 0.5) is 11.6 Å². The van der Waals surface area contributed by atoms with Gasteiger partial charge in [-0.15, -0.1) is 0 Å². The highest BCUT2D eigenvalue weighted by Crippen LogP contribution is 2.32. The van der Waals surface area contributed by atoms with Crippen LogP contribution in [0.3, 0.4) is 0 Å². The largest absolute Gasteiger partial charge is 0.338 e. The van der Waals surface area contributed by atoms with Crippen molar-refractivity contribution in [3.63, 3.8) is 0 Å². The van der Waals surface area contributed by atoms with Gasteiger partial charge in [0.1, 0.15) is 0 Å². The third-order valence-electron chi connectivity index (χ3n) is 4.12. The first-order chi connectivity index (χ1) is 12.0. The number of rotatable bonds is 4. The molecule has 0 atom stereocenters. The van der Waals surface area contributed by atoms with E-state index in [4.69, 9.17) is 23.2 Å². The molecule has 2 aromatic rings. The molecule has 1 N–H and O–H groups in total. The van der Waals surface area contributed by atoms with E-state index in [2.05, 4.69) is 25.1 Å². The zero-order chi connectivity index (χ0) is 17.8. The molecule has 6 nitrogen and oxygen atoms in total. The summed E-state index contributed by atoms with van der Waals surface area (Å²) in [6.07, 6.45) is 3.47. The second-order valence-corrected chi connectivity index (χ2v) is 6.70. The first-order valence-electron chi connectivity index (χ1n) is 8.03. The van der Waals surface area contributed by atoms with Gasteiger partial charge in [-0.1, -0.05) is 29.3 Å². The van der Waals surface area contributed by atoms with Crippen LogP contribution >= 0.6 is 23.2 Å². The second kappa shape index (κ2) is 7.99. The van der Waals surface area contributed by atoms with E-state index in [9.17, 15) is 4.79 Å². The van der Waals surface area contributed by atoms with E-state index < -0.39 is 0 Å². The summed E-state index contributed by atoms with van der Waals surface area (Å²) in [4.78, 5) is 25.1. The summed E-state index contributed by atoms with van der Waals surface area (Å²) < 4.78 is 0. The Morgan fingerprint density at radius 3 is 2.52 bits per heavy atom. The maximum absolute atomic E-state index is 12.3. The zero-order valence-corrected chi connectivity index (χ0v) is 15.4. The minimum Gasteiger partial charge on any atom is -0.338 e. The zero-order valence-electron chi connectivity index (χ0n) is 13.9. The maximum Gasteiger partial charge on any atom is 0.238 e. The van der Waals surface area contributed by atoms with E-state index in [1.165, 1.54) is 0 Å². The third-order valence-corrected chi connectivity index (χ3v) is 4.93. The van der Waals surface area contributed by atoms with Gasteiger partial charge in [-0.2, -0.15) is 0 Å². The van der Waals surface area contributed by atoms with Gasteiger partial charge in [0.15, 0.2) is 0 Å². The topological polar surface area (TPSA) is 61.4 Å². The molecule has 1 aliphatic heterocycles. The molecular formula is C17H19Cl2N5O. The molecule has 0 aliphatic carbocycles. The second-order valence-electron chi connectivity index (χ2n) is 5.91. The fourth-order valence-electron chi connectivity index (χ4n) is 2.71. The monoisotopic (exact) mass is 379 g/mol. The van der Waals surface area contributed by atoms with Crippen molar-refractivity contribution in [2.24, 2.45) is 0 Å². The minimum atomic E-state index is -0.126. The normalized spacial score (nSPS) is 15.2. The Kier molecular flexibility index (Phi) is 5.73. The van der Waals surface area contributed by atoms with Crippen LogP contribution in [0.5, 0.6) is 0 Å². The Balaban J connectivity index is 1.54. The van der Waals surface area contributed by atoms with Crippen LogP contribution in [0.2, 0.25) is 10.0 Å². The van der Waals surface area contributed by atoms with Crippen LogP contribution in [0.15, 0.2) is 30.6 Å². The van der Waals surface area contributed by atoms with Crippen molar-refractivity contribution in [2.45, 2.75) is 6.92 Å². The average Bonchev–Trinajstić information content (AvgIpc) is 2.63. The number of anilines is 2. The summed E-state index contributed by atoms with van der Waals surface area (Å²) in [6, 6.07) is 5.36. The van der Waals surface area contributed by atoms with Crippen molar-refractivity contribution < 1.29 is 4.79 Å². The van der Waals surface area contributed by atoms with Crippen molar-refractivity contribution in [3.05, 3.63) is 46.2 Å². The Hall–Kier alpha value is -1.89. The third kappa shape index (κ3) is 4.39. The molecule has 0 saturated carbocycles. The Bertz CT molecular complexity index is 748. The summed E-state index contributed by atoms with van der Waals surface area (Å²) in [5.74, 6) is 0.601. The number of benzene rings is 1. The standard InChI is InChI=1S/C17H19Cl2N5O/c1-12-3-4-13(18)16(15(12)19)22-14(25)11-23-7-9-24(10-8-23)17-20-5-2-6-21-17/h2-6H,7-11H2,1H3,(H,22,25). The lowest BCUT2D eigenvalue weighted by atomic mass is 10.2. The highest BCUT2D eigenvalue weighted by molar-refractivity contribution is 6.40. The van der Waals surface area contributed by atoms with Crippen molar-refractivity contribution in [2.75, 3.05) is 42.9 Å². The molecule has 8 heteroatoms. The molecule has 3 rings (SSSR count). The number of nitrogens with one attached hydrogen (secondary N) is 1. The molecule has 1 saturated heterocycles. The van der Waals surface area contributed by atoms with E-state index in [0.29, 0.717) is 22.3 Å². The summed E-state index contributed by atoms with van der Waals surface area (Å²) in [5.41, 5.74) is 1.35. The number of hydrogen-bond donors (Lipinski definition) is 1. The predicted molar refractivity (Wildman–Crippen MR) is 101 cm³/mol. The van der Waals surface area contributed by atoms with E-state index in [1.807, 2.05) is 13.0 Å². The van der Waals surface area contributed by atoms with Crippen LogP contribution in [0, 0.1) is 6.92 Å². The highest BCUT2D eigenvalue weighted by Gasteiger charge is 2.21. The van der Waals surface area contributed by atoms with Crippen LogP contribution in [-0.4, -0.2) is 53.5 Å². The highest BCUT2D eigenvalue weighted by atomic mass is 35.5. The number of aromatic nitrogens is 2. The quantitative estimate of drug-likeness (QED) is 0.884. The van der Waals surface area contributed by atoms with Crippen LogP contribution in [0.25, 0.3) is 0 Å². The molecule has 1 aromatic carbocycles. The number of amides is 1. The lowest BCUT2D eigenvalue weighted by Crippen LogP contribution is -2.49. The fourth-order valence-corrected chi connectivity index (χ4v) is 3.18. The molecule has 1 fully saturated rings. The number of halogens is 2. The van der Waals surface area contributed by atoms with Crippen LogP contribution < -0.4 is 10.2 Å². The van der Waals surface area contributed by atoms with Gasteiger partial charge in [0.05, 0.1) is 22.3 Å². The Labute approximate surface area is 156 Å². The van der Waals surface area contributed by atoms with E-state index in [1.54, 1.807) is 24.5 Å². The van der Waals surface area contributed by atoms with Gasteiger partial charge >= 0.3 is 0 Å². The smallest absolute Gasteiger partial charge is 0.238 e. The van der Waals surface area contributed by atoms with E-state index in [-0.39, 0.29) is 5.91 Å². The van der Waals surface area contributed by atoms with Gasteiger partial charge in [-0.05, 0) is 24.6 Å². The molecule has 0 bridgehead atoms. The molecule has 1 aliphatic rings. The Morgan fingerprint density at radius 1 is 1.16 bits per heavy atom. The number of piperazine rings is 1. The molecule has 2 heterocycles. The SMILES string of the molecule is Cc1ccc(Cl)c(NC(=O)CN2CCN(c3ncccn3)CC2)c1Cl. The number of hydrogen-bond acceptors (Lipinski definition) is 5. The minimum absolute atomic E-state index is 0.126. The summed E-state index contributed by atoms with van der Waals surface area (Å²) in [7, 11) is 0. The molecule has 0 spiro atoms. The molecular weight excluding hydrogens is 361 g/mol. The van der Waals surface area contributed by atoms with Gasteiger partial charge in [0, 0.05) is 38.6 Å². The van der Waals surface area contributed by atoms with Crippen molar-refractivity contribution >= 4 is 40.7 Å². The lowest BCUT2D eigenvalue weighted by Gasteiger charge is -2.34. The van der Waals surface area contributed by atoms with Gasteiger partial charge in [-0.25, -0.2) is 9.97 Å². The summed E-state index contributed by atoms with van der Waals surface area (Å²) in [6.45, 7) is 5.26. The fraction of sp³-hybridized carbons (Fsp3) is 0.353. The van der Waals surface area contributed by atoms with Crippen molar-refractivity contribution in [1.82, 2.24) is 14.9 Å². The maximum atomic E-state index is 12.3. The van der Waals surface area contributed by atoms with Crippen LogP contribution in [0.1, 0.15) is 5.56 Å². The molecule has 25 heavy (non-hydrogen) atoms. The molecule has 1 aromatic heterocycles. The number of nitrogens with zero attached hydrogens (tertiary/aromatic N) is 4. The van der Waals surface area contributed by atoms with Crippen LogP contribution in [-0.2, 0) is 4.79 Å². The van der Waals surface area contributed by atoms with Gasteiger partial charge in [0.2, 0.25) is 11.9 Å². The first-order valence-corrected chi connectivity index (χ1v) is 8.79. The number of carbonyl (C=O) groups is 1. The van der Waals surface area contributed by atoms with Crippen molar-refractivity contribution in [1.29, 1.82) is 0 Å². The molecule has 132 valence electrons. The summed E-state index contributed by atoms with van der Waals surface area (Å²) >= 11 is 12.4. The molecule has 0 radical (unpaired) electrons. The van der Waals surface area contributed by atoms with E-state index in [0.717, 1.165) is 37.7 Å². The number of aryl methyl sites for hydroxylation is 1. The summed E-state index contributed by atoms with van der Waals surface area (Å²) in [5, 5.41) is 3.75.